The second-order valence-corrected chi connectivity index (χ2v) is 4.19. The number of halogens is 1. The highest BCUT2D eigenvalue weighted by molar-refractivity contribution is 7.99. The minimum atomic E-state index is -0.256. The van der Waals surface area contributed by atoms with Gasteiger partial charge in [0.2, 0.25) is 0 Å². The smallest absolute Gasteiger partial charge is 0.172 e. The van der Waals surface area contributed by atoms with E-state index in [2.05, 4.69) is 4.98 Å². The molecule has 16 heavy (non-hydrogen) atoms. The van der Waals surface area contributed by atoms with Crippen LogP contribution in [0.15, 0.2) is 41.8 Å². The maximum atomic E-state index is 12.8. The summed E-state index contributed by atoms with van der Waals surface area (Å²) in [4.78, 5) is 4.17. The van der Waals surface area contributed by atoms with E-state index in [1.807, 2.05) is 10.8 Å². The topological polar surface area (TPSA) is 38.1 Å². The Morgan fingerprint density at radius 1 is 1.31 bits per heavy atom. The number of aromatic nitrogens is 2. The van der Waals surface area contributed by atoms with E-state index >= 15 is 0 Å². The van der Waals surface area contributed by atoms with Crippen LogP contribution in [-0.4, -0.2) is 27.0 Å². The van der Waals surface area contributed by atoms with E-state index < -0.39 is 0 Å². The first-order chi connectivity index (χ1) is 7.81. The van der Waals surface area contributed by atoms with Gasteiger partial charge in [-0.15, -0.1) is 0 Å². The average Bonchev–Trinajstić information content (AvgIpc) is 2.75. The van der Waals surface area contributed by atoms with E-state index in [-0.39, 0.29) is 12.4 Å². The lowest BCUT2D eigenvalue weighted by Crippen LogP contribution is -1.96. The van der Waals surface area contributed by atoms with Crippen molar-refractivity contribution in [3.05, 3.63) is 42.5 Å². The van der Waals surface area contributed by atoms with Gasteiger partial charge in [0.25, 0.3) is 0 Å². The van der Waals surface area contributed by atoms with Gasteiger partial charge in [0.1, 0.15) is 5.82 Å². The molecule has 0 atom stereocenters. The molecule has 0 aliphatic carbocycles. The van der Waals surface area contributed by atoms with Crippen molar-refractivity contribution >= 4 is 11.8 Å². The largest absolute Gasteiger partial charge is 0.396 e. The summed E-state index contributed by atoms with van der Waals surface area (Å²) in [5.41, 5.74) is 0.860. The SMILES string of the molecule is OCCSc1nccn1-c1ccc(F)cc1. The number of hydrogen-bond acceptors (Lipinski definition) is 3. The Labute approximate surface area is 96.9 Å². The maximum Gasteiger partial charge on any atom is 0.172 e. The van der Waals surface area contributed by atoms with Crippen molar-refractivity contribution in [1.29, 1.82) is 0 Å². The molecule has 3 nitrogen and oxygen atoms in total. The van der Waals surface area contributed by atoms with Gasteiger partial charge in [0.05, 0.1) is 6.61 Å². The summed E-state index contributed by atoms with van der Waals surface area (Å²) in [6.45, 7) is 0.112. The van der Waals surface area contributed by atoms with Crippen LogP contribution in [0.4, 0.5) is 4.39 Å². The fourth-order valence-corrected chi connectivity index (χ4v) is 2.05. The van der Waals surface area contributed by atoms with Crippen molar-refractivity contribution in [3.8, 4) is 5.69 Å². The minimum absolute atomic E-state index is 0.112. The van der Waals surface area contributed by atoms with Gasteiger partial charge in [-0.2, -0.15) is 0 Å². The van der Waals surface area contributed by atoms with Crippen LogP contribution in [0.1, 0.15) is 0 Å². The predicted molar refractivity (Wildman–Crippen MR) is 61.3 cm³/mol. The molecule has 5 heteroatoms. The Morgan fingerprint density at radius 2 is 2.06 bits per heavy atom. The van der Waals surface area contributed by atoms with Crippen LogP contribution >= 0.6 is 11.8 Å². The van der Waals surface area contributed by atoms with Gasteiger partial charge in [0.15, 0.2) is 5.16 Å². The summed E-state index contributed by atoms with van der Waals surface area (Å²) in [6.07, 6.45) is 3.50. The standard InChI is InChI=1S/C11H11FN2OS/c12-9-1-3-10(4-2-9)14-6-5-13-11(14)16-8-7-15/h1-6,15H,7-8H2. The highest BCUT2D eigenvalue weighted by atomic mass is 32.2. The summed E-state index contributed by atoms with van der Waals surface area (Å²) in [5, 5.41) is 9.55. The number of imidazole rings is 1. The number of rotatable bonds is 4. The summed E-state index contributed by atoms with van der Waals surface area (Å²) in [5.74, 6) is 0.339. The summed E-state index contributed by atoms with van der Waals surface area (Å²) < 4.78 is 14.6. The molecule has 0 radical (unpaired) electrons. The van der Waals surface area contributed by atoms with E-state index in [1.54, 1.807) is 18.3 Å². The molecule has 0 amide bonds. The third kappa shape index (κ3) is 2.43. The number of aliphatic hydroxyl groups excluding tert-OH is 1. The van der Waals surface area contributed by atoms with Crippen molar-refractivity contribution in [2.24, 2.45) is 0 Å². The van der Waals surface area contributed by atoms with Crippen molar-refractivity contribution in [1.82, 2.24) is 9.55 Å². The van der Waals surface area contributed by atoms with Crippen LogP contribution < -0.4 is 0 Å². The van der Waals surface area contributed by atoms with E-state index in [0.717, 1.165) is 10.8 Å². The zero-order valence-electron chi connectivity index (χ0n) is 8.51. The zero-order chi connectivity index (χ0) is 11.4. The van der Waals surface area contributed by atoms with Gasteiger partial charge >= 0.3 is 0 Å². The normalized spacial score (nSPS) is 10.6. The van der Waals surface area contributed by atoms with Crippen LogP contribution in [0.3, 0.4) is 0 Å². The molecular weight excluding hydrogens is 227 g/mol. The molecule has 0 spiro atoms. The minimum Gasteiger partial charge on any atom is -0.396 e. The number of aliphatic hydroxyl groups is 1. The van der Waals surface area contributed by atoms with Gasteiger partial charge in [-0.3, -0.25) is 4.57 Å². The summed E-state index contributed by atoms with van der Waals surface area (Å²) >= 11 is 1.46. The molecule has 0 saturated heterocycles. The highest BCUT2D eigenvalue weighted by Gasteiger charge is 2.04. The van der Waals surface area contributed by atoms with Crippen molar-refractivity contribution in [2.75, 3.05) is 12.4 Å². The third-order valence-corrected chi connectivity index (χ3v) is 2.98. The van der Waals surface area contributed by atoms with Gasteiger partial charge in [-0.25, -0.2) is 9.37 Å². The summed E-state index contributed by atoms with van der Waals surface area (Å²) in [6, 6.07) is 6.21. The molecule has 1 aromatic heterocycles. The molecule has 0 saturated carbocycles. The molecule has 2 rings (SSSR count). The number of hydrogen-bond donors (Lipinski definition) is 1. The molecule has 0 bridgehead atoms. The molecule has 1 heterocycles. The lowest BCUT2D eigenvalue weighted by molar-refractivity contribution is 0.322. The molecule has 0 aliphatic rings. The fourth-order valence-electron chi connectivity index (χ4n) is 1.33. The Kier molecular flexibility index (Phi) is 3.58. The molecule has 0 fully saturated rings. The van der Waals surface area contributed by atoms with Crippen molar-refractivity contribution < 1.29 is 9.50 Å². The predicted octanol–water partition coefficient (Wildman–Crippen LogP) is 2.10. The van der Waals surface area contributed by atoms with Crippen LogP contribution in [0.25, 0.3) is 5.69 Å². The first-order valence-electron chi connectivity index (χ1n) is 4.84. The van der Waals surface area contributed by atoms with Gasteiger partial charge in [-0.05, 0) is 24.3 Å². The molecule has 0 aliphatic heterocycles. The lowest BCUT2D eigenvalue weighted by Gasteiger charge is -2.06. The quantitative estimate of drug-likeness (QED) is 0.829. The summed E-state index contributed by atoms with van der Waals surface area (Å²) in [7, 11) is 0. The highest BCUT2D eigenvalue weighted by Crippen LogP contribution is 2.20. The van der Waals surface area contributed by atoms with Gasteiger partial charge in [0, 0.05) is 23.8 Å². The van der Waals surface area contributed by atoms with Crippen LogP contribution in [0.5, 0.6) is 0 Å². The first kappa shape index (κ1) is 11.2. The average molecular weight is 238 g/mol. The molecular formula is C11H11FN2OS. The van der Waals surface area contributed by atoms with Gasteiger partial charge in [-0.1, -0.05) is 11.8 Å². The molecule has 1 N–H and O–H groups in total. The molecule has 0 unspecified atom stereocenters. The number of benzene rings is 1. The number of nitrogens with zero attached hydrogens (tertiary/aromatic N) is 2. The van der Waals surface area contributed by atoms with Crippen molar-refractivity contribution in [2.45, 2.75) is 5.16 Å². The Morgan fingerprint density at radius 3 is 2.75 bits per heavy atom. The van der Waals surface area contributed by atoms with Crippen LogP contribution in [0, 0.1) is 5.82 Å². The zero-order valence-corrected chi connectivity index (χ0v) is 9.32. The second-order valence-electron chi connectivity index (χ2n) is 3.13. The van der Waals surface area contributed by atoms with Gasteiger partial charge < -0.3 is 5.11 Å². The lowest BCUT2D eigenvalue weighted by atomic mass is 10.3. The Balaban J connectivity index is 2.26. The van der Waals surface area contributed by atoms with Crippen molar-refractivity contribution in [3.63, 3.8) is 0 Å². The molecule has 84 valence electrons. The van der Waals surface area contributed by atoms with Crippen LogP contribution in [-0.2, 0) is 0 Å². The van der Waals surface area contributed by atoms with E-state index in [4.69, 9.17) is 5.11 Å². The monoisotopic (exact) mass is 238 g/mol. The van der Waals surface area contributed by atoms with E-state index in [9.17, 15) is 4.39 Å². The van der Waals surface area contributed by atoms with E-state index in [1.165, 1.54) is 23.9 Å². The fraction of sp³-hybridized carbons (Fsp3) is 0.182. The second kappa shape index (κ2) is 5.14. The third-order valence-electron chi connectivity index (χ3n) is 2.03. The number of thioether (sulfide) groups is 1. The Bertz CT molecular complexity index is 455. The Hall–Kier alpha value is -1.33. The van der Waals surface area contributed by atoms with Crippen LogP contribution in [0.2, 0.25) is 0 Å². The van der Waals surface area contributed by atoms with E-state index in [0.29, 0.717) is 5.75 Å². The molecule has 1 aromatic carbocycles. The maximum absolute atomic E-state index is 12.8. The molecule has 2 aromatic rings. The first-order valence-corrected chi connectivity index (χ1v) is 5.83.